The first-order chi connectivity index (χ1) is 12.1. The second-order valence-electron chi connectivity index (χ2n) is 5.76. The summed E-state index contributed by atoms with van der Waals surface area (Å²) in [5.74, 6) is -0.349. The number of ether oxygens (including phenoxy) is 1. The van der Waals surface area contributed by atoms with Gasteiger partial charge in [-0.2, -0.15) is 0 Å². The van der Waals surface area contributed by atoms with Gasteiger partial charge in [0.1, 0.15) is 6.61 Å². The molecule has 3 aromatic rings. The van der Waals surface area contributed by atoms with Crippen LogP contribution in [-0.4, -0.2) is 15.9 Å². The third kappa shape index (κ3) is 4.03. The number of H-pyrrole nitrogens is 1. The number of nitro groups is 1. The summed E-state index contributed by atoms with van der Waals surface area (Å²) in [6.07, 6.45) is 3.67. The van der Waals surface area contributed by atoms with Gasteiger partial charge in [-0.15, -0.1) is 0 Å². The van der Waals surface area contributed by atoms with Gasteiger partial charge in [-0.25, -0.2) is 0 Å². The zero-order chi connectivity index (χ0) is 17.6. The number of esters is 1. The summed E-state index contributed by atoms with van der Waals surface area (Å²) in [5.41, 5.74) is 2.62. The van der Waals surface area contributed by atoms with Crippen LogP contribution in [0, 0.1) is 10.1 Å². The highest BCUT2D eigenvalue weighted by molar-refractivity contribution is 5.83. The predicted octanol–water partition coefficient (Wildman–Crippen LogP) is 4.14. The minimum Gasteiger partial charge on any atom is -0.461 e. The first-order valence-corrected chi connectivity index (χ1v) is 8.08. The molecular weight excluding hydrogens is 320 g/mol. The third-order valence-corrected chi connectivity index (χ3v) is 4.08. The Balaban J connectivity index is 1.50. The molecule has 0 saturated carbocycles. The Morgan fingerprint density at radius 2 is 1.84 bits per heavy atom. The number of nitrogens with one attached hydrogen (secondary N) is 1. The topological polar surface area (TPSA) is 85.2 Å². The molecule has 2 aromatic carbocycles. The SMILES string of the molecule is O=C(CCCc1c[nH]c2ccccc12)OCc1ccccc1[N+](=O)[O-]. The van der Waals surface area contributed by atoms with Crippen molar-refractivity contribution in [3.8, 4) is 0 Å². The number of nitro benzene ring substituents is 1. The molecule has 0 radical (unpaired) electrons. The molecule has 0 spiro atoms. The average molecular weight is 338 g/mol. The van der Waals surface area contributed by atoms with Crippen molar-refractivity contribution in [2.45, 2.75) is 25.9 Å². The van der Waals surface area contributed by atoms with Crippen molar-refractivity contribution in [3.63, 3.8) is 0 Å². The molecule has 0 fully saturated rings. The van der Waals surface area contributed by atoms with Gasteiger partial charge in [-0.3, -0.25) is 14.9 Å². The highest BCUT2D eigenvalue weighted by atomic mass is 16.6. The molecule has 1 N–H and O–H groups in total. The van der Waals surface area contributed by atoms with E-state index >= 15 is 0 Å². The van der Waals surface area contributed by atoms with E-state index in [4.69, 9.17) is 4.74 Å². The smallest absolute Gasteiger partial charge is 0.306 e. The van der Waals surface area contributed by atoms with Crippen LogP contribution in [0.3, 0.4) is 0 Å². The number of nitrogens with zero attached hydrogens (tertiary/aromatic N) is 1. The van der Waals surface area contributed by atoms with Crippen LogP contribution >= 0.6 is 0 Å². The summed E-state index contributed by atoms with van der Waals surface area (Å²) in [7, 11) is 0. The monoisotopic (exact) mass is 338 g/mol. The maximum atomic E-state index is 11.9. The quantitative estimate of drug-likeness (QED) is 0.398. The number of aromatic amines is 1. The number of benzene rings is 2. The highest BCUT2D eigenvalue weighted by Gasteiger charge is 2.14. The van der Waals surface area contributed by atoms with Crippen LogP contribution < -0.4 is 0 Å². The molecule has 128 valence electrons. The van der Waals surface area contributed by atoms with Crippen molar-refractivity contribution in [2.24, 2.45) is 0 Å². The van der Waals surface area contributed by atoms with Gasteiger partial charge in [0.2, 0.25) is 0 Å². The van der Waals surface area contributed by atoms with Crippen molar-refractivity contribution in [2.75, 3.05) is 0 Å². The molecule has 6 nitrogen and oxygen atoms in total. The van der Waals surface area contributed by atoms with Gasteiger partial charge in [0.25, 0.3) is 5.69 Å². The van der Waals surface area contributed by atoms with Crippen molar-refractivity contribution in [1.82, 2.24) is 4.98 Å². The molecule has 0 aliphatic rings. The lowest BCUT2D eigenvalue weighted by atomic mass is 10.1. The van der Waals surface area contributed by atoms with E-state index in [9.17, 15) is 14.9 Å². The second kappa shape index (κ2) is 7.61. The fraction of sp³-hybridized carbons (Fsp3) is 0.211. The van der Waals surface area contributed by atoms with E-state index in [0.29, 0.717) is 12.0 Å². The molecule has 0 atom stereocenters. The summed E-state index contributed by atoms with van der Waals surface area (Å²) in [4.78, 5) is 25.6. The summed E-state index contributed by atoms with van der Waals surface area (Å²) < 4.78 is 5.17. The van der Waals surface area contributed by atoms with Gasteiger partial charge in [0.05, 0.1) is 10.5 Å². The Labute approximate surface area is 144 Å². The fourth-order valence-electron chi connectivity index (χ4n) is 2.80. The summed E-state index contributed by atoms with van der Waals surface area (Å²) in [6, 6.07) is 14.3. The molecule has 6 heteroatoms. The molecule has 3 rings (SSSR count). The number of hydrogen-bond acceptors (Lipinski definition) is 4. The summed E-state index contributed by atoms with van der Waals surface area (Å²) in [5, 5.41) is 12.1. The first kappa shape index (κ1) is 16.7. The largest absolute Gasteiger partial charge is 0.461 e. The van der Waals surface area contributed by atoms with Crippen molar-refractivity contribution in [3.05, 3.63) is 76.0 Å². The Morgan fingerprint density at radius 3 is 2.68 bits per heavy atom. The van der Waals surface area contributed by atoms with Gasteiger partial charge in [0.15, 0.2) is 0 Å². The van der Waals surface area contributed by atoms with Crippen molar-refractivity contribution < 1.29 is 14.5 Å². The Morgan fingerprint density at radius 1 is 1.08 bits per heavy atom. The summed E-state index contributed by atoms with van der Waals surface area (Å²) in [6.45, 7) is -0.0803. The molecule has 1 heterocycles. The Kier molecular flexibility index (Phi) is 5.09. The van der Waals surface area contributed by atoms with Crippen LogP contribution in [0.2, 0.25) is 0 Å². The number of para-hydroxylation sites is 2. The van der Waals surface area contributed by atoms with Crippen LogP contribution in [0.1, 0.15) is 24.0 Å². The number of carbonyl (C=O) groups is 1. The molecule has 1 aromatic heterocycles. The van der Waals surface area contributed by atoms with E-state index in [1.54, 1.807) is 18.2 Å². The van der Waals surface area contributed by atoms with E-state index in [1.165, 1.54) is 11.6 Å². The van der Waals surface area contributed by atoms with E-state index < -0.39 is 4.92 Å². The standard InChI is InChI=1S/C19H18N2O4/c22-19(25-13-15-6-1-4-10-18(15)21(23)24)11-5-7-14-12-20-17-9-3-2-8-16(14)17/h1-4,6,8-10,12,20H,5,7,11,13H2. The minimum atomic E-state index is -0.472. The number of fused-ring (bicyclic) bond motifs is 1. The average Bonchev–Trinajstić information content (AvgIpc) is 3.03. The van der Waals surface area contributed by atoms with Gasteiger partial charge in [0, 0.05) is 29.6 Å². The lowest BCUT2D eigenvalue weighted by Gasteiger charge is -2.05. The normalized spacial score (nSPS) is 10.7. The van der Waals surface area contributed by atoms with E-state index in [1.807, 2.05) is 30.5 Å². The van der Waals surface area contributed by atoms with Gasteiger partial charge >= 0.3 is 5.97 Å². The van der Waals surface area contributed by atoms with Crippen molar-refractivity contribution in [1.29, 1.82) is 0 Å². The molecule has 0 saturated heterocycles. The molecule has 0 unspecified atom stereocenters. The third-order valence-electron chi connectivity index (χ3n) is 4.08. The zero-order valence-corrected chi connectivity index (χ0v) is 13.6. The maximum Gasteiger partial charge on any atom is 0.306 e. The van der Waals surface area contributed by atoms with Crippen LogP contribution in [0.15, 0.2) is 54.7 Å². The lowest BCUT2D eigenvalue weighted by molar-refractivity contribution is -0.385. The molecular formula is C19H18N2O4. The van der Waals surface area contributed by atoms with E-state index in [-0.39, 0.29) is 24.7 Å². The van der Waals surface area contributed by atoms with Crippen molar-refractivity contribution >= 4 is 22.6 Å². The first-order valence-electron chi connectivity index (χ1n) is 8.08. The number of hydrogen-bond donors (Lipinski definition) is 1. The molecule has 0 amide bonds. The molecule has 0 aliphatic carbocycles. The van der Waals surface area contributed by atoms with Crippen LogP contribution in [0.25, 0.3) is 10.9 Å². The lowest BCUT2D eigenvalue weighted by Crippen LogP contribution is -2.06. The molecule has 25 heavy (non-hydrogen) atoms. The van der Waals surface area contributed by atoms with Gasteiger partial charge in [-0.05, 0) is 30.5 Å². The van der Waals surface area contributed by atoms with Gasteiger partial charge < -0.3 is 9.72 Å². The van der Waals surface area contributed by atoms with Crippen LogP contribution in [0.5, 0.6) is 0 Å². The minimum absolute atomic E-state index is 0.0332. The zero-order valence-electron chi connectivity index (χ0n) is 13.6. The Bertz CT molecular complexity index is 901. The van der Waals surface area contributed by atoms with E-state index in [0.717, 1.165) is 17.3 Å². The fourth-order valence-corrected chi connectivity index (χ4v) is 2.80. The summed E-state index contributed by atoms with van der Waals surface area (Å²) >= 11 is 0. The van der Waals surface area contributed by atoms with Crippen LogP contribution in [0.4, 0.5) is 5.69 Å². The number of carbonyl (C=O) groups excluding carboxylic acids is 1. The molecule has 0 bridgehead atoms. The second-order valence-corrected chi connectivity index (χ2v) is 5.76. The number of rotatable bonds is 7. The van der Waals surface area contributed by atoms with E-state index in [2.05, 4.69) is 4.98 Å². The number of aromatic nitrogens is 1. The number of aryl methyl sites for hydroxylation is 1. The highest BCUT2D eigenvalue weighted by Crippen LogP contribution is 2.20. The Hall–Kier alpha value is -3.15. The maximum absolute atomic E-state index is 11.9. The predicted molar refractivity (Wildman–Crippen MR) is 94.1 cm³/mol. The van der Waals surface area contributed by atoms with Crippen LogP contribution in [-0.2, 0) is 22.6 Å². The van der Waals surface area contributed by atoms with Gasteiger partial charge in [-0.1, -0.05) is 30.3 Å². The molecule has 0 aliphatic heterocycles.